The van der Waals surface area contributed by atoms with E-state index in [1.54, 1.807) is 13.2 Å². The molecule has 0 radical (unpaired) electrons. The molecule has 0 unspecified atom stereocenters. The maximum Gasteiger partial charge on any atom is 0.250 e. The number of thioether (sulfide) groups is 1. The highest BCUT2D eigenvalue weighted by atomic mass is 32.2. The number of carbonyl (C=O) groups excluding carboxylic acids is 1. The second kappa shape index (κ2) is 10.2. The average Bonchev–Trinajstić information content (AvgIpc) is 3.44. The lowest BCUT2D eigenvalue weighted by molar-refractivity contribution is -0.118. The quantitative estimate of drug-likeness (QED) is 0.238. The van der Waals surface area contributed by atoms with Crippen LogP contribution in [0.1, 0.15) is 17.1 Å². The third-order valence-electron chi connectivity index (χ3n) is 4.75. The molecule has 2 heterocycles. The molecule has 0 aliphatic carbocycles. The van der Waals surface area contributed by atoms with Gasteiger partial charge in [-0.3, -0.25) is 9.36 Å². The van der Waals surface area contributed by atoms with E-state index in [0.717, 1.165) is 28.3 Å². The summed E-state index contributed by atoms with van der Waals surface area (Å²) in [7, 11) is 1.63. The summed E-state index contributed by atoms with van der Waals surface area (Å²) in [5.74, 6) is 2.65. The van der Waals surface area contributed by atoms with Gasteiger partial charge in [-0.25, -0.2) is 5.43 Å². The molecule has 4 rings (SSSR count). The lowest BCUT2D eigenvalue weighted by Gasteiger charge is -2.11. The fourth-order valence-corrected chi connectivity index (χ4v) is 3.81. The first kappa shape index (κ1) is 22.3. The molecule has 168 valence electrons. The lowest BCUT2D eigenvalue weighted by Crippen LogP contribution is -2.19. The molecule has 33 heavy (non-hydrogen) atoms. The average molecular weight is 462 g/mol. The fourth-order valence-electron chi connectivity index (χ4n) is 3.07. The fraction of sp³-hybridized carbons (Fsp3) is 0.167. The van der Waals surface area contributed by atoms with Gasteiger partial charge in [0, 0.05) is 11.3 Å². The Balaban J connectivity index is 1.53. The van der Waals surface area contributed by atoms with Crippen LogP contribution < -0.4 is 10.2 Å². The molecule has 0 atom stereocenters. The van der Waals surface area contributed by atoms with Crippen molar-refractivity contribution < 1.29 is 13.9 Å². The normalized spacial score (nSPS) is 11.1. The Morgan fingerprint density at radius 2 is 1.85 bits per heavy atom. The monoisotopic (exact) mass is 461 g/mol. The van der Waals surface area contributed by atoms with Crippen molar-refractivity contribution in [3.05, 3.63) is 77.7 Å². The largest absolute Gasteiger partial charge is 0.497 e. The molecule has 2 aromatic heterocycles. The van der Waals surface area contributed by atoms with Gasteiger partial charge < -0.3 is 9.15 Å². The summed E-state index contributed by atoms with van der Waals surface area (Å²) in [5.41, 5.74) is 5.46. The van der Waals surface area contributed by atoms with Crippen molar-refractivity contribution >= 4 is 23.9 Å². The van der Waals surface area contributed by atoms with Gasteiger partial charge in [-0.1, -0.05) is 41.6 Å². The minimum absolute atomic E-state index is 0.122. The summed E-state index contributed by atoms with van der Waals surface area (Å²) in [4.78, 5) is 12.3. The van der Waals surface area contributed by atoms with Gasteiger partial charge in [-0.2, -0.15) is 5.10 Å². The van der Waals surface area contributed by atoms with Gasteiger partial charge in [0.15, 0.2) is 11.0 Å². The Kier molecular flexibility index (Phi) is 6.89. The molecular formula is C24H23N5O3S. The van der Waals surface area contributed by atoms with Crippen LogP contribution in [0.3, 0.4) is 0 Å². The SMILES string of the molecule is COc1ccc(-n2c(SCC(=O)NN=Cc3ccc(C)o3)nnc2-c2ccc(C)cc2)cc1. The topological polar surface area (TPSA) is 94.5 Å². The number of carbonyl (C=O) groups is 1. The van der Waals surface area contributed by atoms with Crippen molar-refractivity contribution in [2.45, 2.75) is 19.0 Å². The second-order valence-electron chi connectivity index (χ2n) is 7.24. The summed E-state index contributed by atoms with van der Waals surface area (Å²) in [6, 6.07) is 19.3. The molecule has 0 aliphatic rings. The van der Waals surface area contributed by atoms with E-state index >= 15 is 0 Å². The molecule has 0 saturated heterocycles. The van der Waals surface area contributed by atoms with Gasteiger partial charge in [-0.05, 0) is 50.2 Å². The number of hydrogen-bond acceptors (Lipinski definition) is 7. The molecule has 1 N–H and O–H groups in total. The van der Waals surface area contributed by atoms with Gasteiger partial charge >= 0.3 is 0 Å². The predicted octanol–water partition coefficient (Wildman–Crippen LogP) is 4.40. The third kappa shape index (κ3) is 5.50. The Bertz CT molecular complexity index is 1260. The molecular weight excluding hydrogens is 438 g/mol. The second-order valence-corrected chi connectivity index (χ2v) is 8.18. The van der Waals surface area contributed by atoms with Crippen LogP contribution in [0.25, 0.3) is 17.1 Å². The number of nitrogens with one attached hydrogen (secondary N) is 1. The number of furan rings is 1. The van der Waals surface area contributed by atoms with E-state index in [1.165, 1.54) is 18.0 Å². The van der Waals surface area contributed by atoms with Crippen LogP contribution in [-0.4, -0.2) is 39.7 Å². The molecule has 0 aliphatic heterocycles. The van der Waals surface area contributed by atoms with Crippen molar-refractivity contribution in [3.63, 3.8) is 0 Å². The standard InChI is InChI=1S/C24H23N5O3S/c1-16-4-7-18(8-5-16)23-27-28-24(29(23)19-9-12-20(31-3)13-10-19)33-15-22(30)26-25-14-21-11-6-17(2)32-21/h4-14H,15H2,1-3H3,(H,26,30). The number of amides is 1. The van der Waals surface area contributed by atoms with Crippen LogP contribution in [0.15, 0.2) is 75.3 Å². The third-order valence-corrected chi connectivity index (χ3v) is 5.68. The minimum Gasteiger partial charge on any atom is -0.497 e. The molecule has 8 nitrogen and oxygen atoms in total. The van der Waals surface area contributed by atoms with Gasteiger partial charge in [0.25, 0.3) is 5.91 Å². The van der Waals surface area contributed by atoms with Crippen LogP contribution in [0.5, 0.6) is 5.75 Å². The zero-order valence-electron chi connectivity index (χ0n) is 18.5. The number of nitrogens with zero attached hydrogens (tertiary/aromatic N) is 4. The first-order valence-corrected chi connectivity index (χ1v) is 11.2. The summed E-state index contributed by atoms with van der Waals surface area (Å²) in [6.07, 6.45) is 1.46. The maximum atomic E-state index is 12.3. The van der Waals surface area contributed by atoms with Gasteiger partial charge in [0.1, 0.15) is 17.3 Å². The number of benzene rings is 2. The molecule has 0 fully saturated rings. The van der Waals surface area contributed by atoms with Crippen molar-refractivity contribution in [1.82, 2.24) is 20.2 Å². The van der Waals surface area contributed by atoms with Crippen molar-refractivity contribution in [1.29, 1.82) is 0 Å². The highest BCUT2D eigenvalue weighted by Gasteiger charge is 2.17. The first-order valence-electron chi connectivity index (χ1n) is 10.2. The maximum absolute atomic E-state index is 12.3. The molecule has 1 amide bonds. The number of hydrazone groups is 1. The molecule has 2 aromatic carbocycles. The van der Waals surface area contributed by atoms with Crippen molar-refractivity contribution in [2.24, 2.45) is 5.10 Å². The summed E-state index contributed by atoms with van der Waals surface area (Å²) in [5, 5.41) is 13.3. The summed E-state index contributed by atoms with van der Waals surface area (Å²) < 4.78 is 12.6. The van der Waals surface area contributed by atoms with Gasteiger partial charge in [-0.15, -0.1) is 10.2 Å². The highest BCUT2D eigenvalue weighted by Crippen LogP contribution is 2.29. The van der Waals surface area contributed by atoms with Gasteiger partial charge in [0.05, 0.1) is 19.1 Å². The lowest BCUT2D eigenvalue weighted by atomic mass is 10.1. The number of aryl methyl sites for hydroxylation is 2. The van der Waals surface area contributed by atoms with E-state index in [1.807, 2.05) is 73.0 Å². The molecule has 0 bridgehead atoms. The Hall–Kier alpha value is -3.85. The van der Waals surface area contributed by atoms with E-state index in [2.05, 4.69) is 20.7 Å². The van der Waals surface area contributed by atoms with Gasteiger partial charge in [0.2, 0.25) is 0 Å². The smallest absolute Gasteiger partial charge is 0.250 e. The number of ether oxygens (including phenoxy) is 1. The zero-order valence-corrected chi connectivity index (χ0v) is 19.3. The van der Waals surface area contributed by atoms with Crippen molar-refractivity contribution in [2.75, 3.05) is 12.9 Å². The van der Waals surface area contributed by atoms with Crippen molar-refractivity contribution in [3.8, 4) is 22.8 Å². The summed E-state index contributed by atoms with van der Waals surface area (Å²) in [6.45, 7) is 3.88. The van der Waals surface area contributed by atoms with E-state index < -0.39 is 0 Å². The summed E-state index contributed by atoms with van der Waals surface area (Å²) >= 11 is 1.28. The van der Waals surface area contributed by atoms with Crippen LogP contribution in [-0.2, 0) is 4.79 Å². The van der Waals surface area contributed by atoms with E-state index in [-0.39, 0.29) is 11.7 Å². The van der Waals surface area contributed by atoms with E-state index in [9.17, 15) is 4.79 Å². The number of rotatable bonds is 8. The first-order chi connectivity index (χ1) is 16.0. The molecule has 9 heteroatoms. The number of hydrogen-bond donors (Lipinski definition) is 1. The highest BCUT2D eigenvalue weighted by molar-refractivity contribution is 7.99. The number of methoxy groups -OCH3 is 1. The van der Waals surface area contributed by atoms with E-state index in [0.29, 0.717) is 16.7 Å². The Morgan fingerprint density at radius 3 is 2.52 bits per heavy atom. The zero-order chi connectivity index (χ0) is 23.2. The van der Waals surface area contributed by atoms with Crippen LogP contribution in [0, 0.1) is 13.8 Å². The Morgan fingerprint density at radius 1 is 1.09 bits per heavy atom. The Labute approximate surface area is 195 Å². The van der Waals surface area contributed by atoms with Crippen LogP contribution in [0.2, 0.25) is 0 Å². The molecule has 4 aromatic rings. The molecule has 0 spiro atoms. The van der Waals surface area contributed by atoms with Crippen LogP contribution >= 0.6 is 11.8 Å². The predicted molar refractivity (Wildman–Crippen MR) is 128 cm³/mol. The van der Waals surface area contributed by atoms with Crippen LogP contribution in [0.4, 0.5) is 0 Å². The number of aromatic nitrogens is 3. The van der Waals surface area contributed by atoms with E-state index in [4.69, 9.17) is 9.15 Å². The minimum atomic E-state index is -0.263. The molecule has 0 saturated carbocycles.